The molecule has 0 amide bonds. The Morgan fingerprint density at radius 2 is 2.00 bits per heavy atom. The minimum atomic E-state index is -3.81. The number of benzene rings is 1. The zero-order valence-corrected chi connectivity index (χ0v) is 11.8. The summed E-state index contributed by atoms with van der Waals surface area (Å²) in [4.78, 5) is 10.9. The molecule has 0 fully saturated rings. The van der Waals surface area contributed by atoms with Gasteiger partial charge in [-0.15, -0.1) is 0 Å². The van der Waals surface area contributed by atoms with Gasteiger partial charge in [0.2, 0.25) is 10.0 Å². The Kier molecular flexibility index (Phi) is 4.67. The molecule has 0 aliphatic heterocycles. The van der Waals surface area contributed by atoms with Gasteiger partial charge in [-0.3, -0.25) is 0 Å². The summed E-state index contributed by atoms with van der Waals surface area (Å²) in [6.07, 6.45) is 0. The molecule has 0 aliphatic rings. The second-order valence-corrected chi connectivity index (χ2v) is 6.33. The maximum Gasteiger partial charge on any atom is 0.335 e. The van der Waals surface area contributed by atoms with Crippen LogP contribution in [0.15, 0.2) is 23.1 Å². The number of hydrogen-bond acceptors (Lipinski definition) is 4. The first-order chi connectivity index (χ1) is 8.71. The molecule has 1 rings (SSSR count). The van der Waals surface area contributed by atoms with E-state index in [0.717, 1.165) is 10.4 Å². The lowest BCUT2D eigenvalue weighted by atomic mass is 10.1. The molecule has 2 N–H and O–H groups in total. The molecule has 0 aliphatic carbocycles. The molecular weight excluding hydrogens is 270 g/mol. The topological polar surface area (TPSA) is 94.9 Å². The smallest absolute Gasteiger partial charge is 0.335 e. The lowest BCUT2D eigenvalue weighted by molar-refractivity contribution is 0.0696. The maximum atomic E-state index is 12.2. The van der Waals surface area contributed by atoms with Crippen LogP contribution in [0.25, 0.3) is 0 Å². The zero-order valence-electron chi connectivity index (χ0n) is 11.0. The normalized spacial score (nSPS) is 13.5. The third-order valence-electron chi connectivity index (χ3n) is 3.00. The standard InChI is InChI=1S/C12H17NO5S/c1-8-4-5-10(6-11(8)12(15)16)19(17,18)13(3)9(2)7-14/h4-6,9,14H,7H2,1-3H3,(H,15,16). The summed E-state index contributed by atoms with van der Waals surface area (Å²) in [5.41, 5.74) is 0.440. The molecule has 1 unspecified atom stereocenters. The minimum absolute atomic E-state index is 0.0499. The van der Waals surface area contributed by atoms with E-state index in [9.17, 15) is 13.2 Å². The molecule has 0 bridgehead atoms. The van der Waals surface area contributed by atoms with E-state index in [2.05, 4.69) is 0 Å². The highest BCUT2D eigenvalue weighted by Crippen LogP contribution is 2.20. The molecule has 7 heteroatoms. The molecular formula is C12H17NO5S. The van der Waals surface area contributed by atoms with Gasteiger partial charge in [-0.05, 0) is 31.5 Å². The van der Waals surface area contributed by atoms with Gasteiger partial charge < -0.3 is 10.2 Å². The van der Waals surface area contributed by atoms with Crippen molar-refractivity contribution < 1.29 is 23.4 Å². The first-order valence-corrected chi connectivity index (χ1v) is 7.08. The van der Waals surface area contributed by atoms with Crippen molar-refractivity contribution in [2.24, 2.45) is 0 Å². The summed E-state index contributed by atoms with van der Waals surface area (Å²) in [5, 5.41) is 18.0. The van der Waals surface area contributed by atoms with Gasteiger partial charge in [0, 0.05) is 13.1 Å². The van der Waals surface area contributed by atoms with Crippen LogP contribution in [0.5, 0.6) is 0 Å². The van der Waals surface area contributed by atoms with Crippen LogP contribution < -0.4 is 0 Å². The summed E-state index contributed by atoms with van der Waals surface area (Å²) < 4.78 is 25.5. The number of rotatable bonds is 5. The molecule has 0 heterocycles. The summed E-state index contributed by atoms with van der Waals surface area (Å²) in [6.45, 7) is 2.84. The molecule has 0 aromatic heterocycles. The Labute approximate surface area is 112 Å². The third kappa shape index (κ3) is 3.12. The molecule has 1 aromatic rings. The zero-order chi connectivity index (χ0) is 14.8. The predicted molar refractivity (Wildman–Crippen MR) is 69.6 cm³/mol. The van der Waals surface area contributed by atoms with Crippen LogP contribution in [0.1, 0.15) is 22.8 Å². The van der Waals surface area contributed by atoms with E-state index in [-0.39, 0.29) is 17.1 Å². The van der Waals surface area contributed by atoms with E-state index in [0.29, 0.717) is 5.56 Å². The van der Waals surface area contributed by atoms with E-state index in [4.69, 9.17) is 10.2 Å². The highest BCUT2D eigenvalue weighted by molar-refractivity contribution is 7.89. The Morgan fingerprint density at radius 3 is 2.47 bits per heavy atom. The first kappa shape index (κ1) is 15.6. The number of likely N-dealkylation sites (N-methyl/N-ethyl adjacent to an activating group) is 1. The highest BCUT2D eigenvalue weighted by atomic mass is 32.2. The largest absolute Gasteiger partial charge is 0.478 e. The van der Waals surface area contributed by atoms with Crippen LogP contribution in [0, 0.1) is 6.92 Å². The number of nitrogens with zero attached hydrogens (tertiary/aromatic N) is 1. The van der Waals surface area contributed by atoms with Gasteiger partial charge in [-0.2, -0.15) is 4.31 Å². The van der Waals surface area contributed by atoms with Crippen LogP contribution in [0.4, 0.5) is 0 Å². The van der Waals surface area contributed by atoms with E-state index < -0.39 is 22.0 Å². The average Bonchev–Trinajstić information content (AvgIpc) is 2.36. The molecule has 1 aromatic carbocycles. The third-order valence-corrected chi connectivity index (χ3v) is 4.97. The van der Waals surface area contributed by atoms with Crippen LogP contribution in [0.3, 0.4) is 0 Å². The number of hydrogen-bond donors (Lipinski definition) is 2. The van der Waals surface area contributed by atoms with Gasteiger partial charge in [-0.25, -0.2) is 13.2 Å². The molecule has 6 nitrogen and oxygen atoms in total. The predicted octanol–water partition coefficient (Wildman–Crippen LogP) is 0.695. The van der Waals surface area contributed by atoms with Gasteiger partial charge >= 0.3 is 5.97 Å². The summed E-state index contributed by atoms with van der Waals surface area (Å²) in [7, 11) is -2.47. The second-order valence-electron chi connectivity index (χ2n) is 4.33. The molecule has 106 valence electrons. The number of aliphatic hydroxyl groups excluding tert-OH is 1. The van der Waals surface area contributed by atoms with Crippen LogP contribution in [0.2, 0.25) is 0 Å². The number of aryl methyl sites for hydroxylation is 1. The van der Waals surface area contributed by atoms with Crippen molar-refractivity contribution in [3.63, 3.8) is 0 Å². The Balaban J connectivity index is 3.30. The summed E-state index contributed by atoms with van der Waals surface area (Å²) in [5.74, 6) is -1.17. The number of aliphatic hydroxyl groups is 1. The van der Waals surface area contributed by atoms with Gasteiger partial charge in [0.15, 0.2) is 0 Å². The first-order valence-electron chi connectivity index (χ1n) is 5.64. The van der Waals surface area contributed by atoms with Crippen molar-refractivity contribution in [1.82, 2.24) is 4.31 Å². The molecule has 0 saturated carbocycles. The van der Waals surface area contributed by atoms with E-state index in [1.807, 2.05) is 0 Å². The molecule has 0 saturated heterocycles. The number of sulfonamides is 1. The summed E-state index contributed by atoms with van der Waals surface area (Å²) >= 11 is 0. The van der Waals surface area contributed by atoms with Gasteiger partial charge in [0.1, 0.15) is 0 Å². The number of aromatic carboxylic acids is 1. The number of carboxylic acids is 1. The highest BCUT2D eigenvalue weighted by Gasteiger charge is 2.26. The fourth-order valence-corrected chi connectivity index (χ4v) is 2.89. The number of carboxylic acid groups (broad SMARTS) is 1. The lowest BCUT2D eigenvalue weighted by Gasteiger charge is -2.22. The van der Waals surface area contributed by atoms with Crippen molar-refractivity contribution >= 4 is 16.0 Å². The van der Waals surface area contributed by atoms with Crippen LogP contribution in [-0.2, 0) is 10.0 Å². The lowest BCUT2D eigenvalue weighted by Crippen LogP contribution is -2.37. The molecule has 1 atom stereocenters. The maximum absolute atomic E-state index is 12.2. The van der Waals surface area contributed by atoms with Crippen LogP contribution >= 0.6 is 0 Å². The Morgan fingerprint density at radius 1 is 1.42 bits per heavy atom. The minimum Gasteiger partial charge on any atom is -0.478 e. The van der Waals surface area contributed by atoms with Gasteiger partial charge in [0.05, 0.1) is 17.1 Å². The van der Waals surface area contributed by atoms with E-state index >= 15 is 0 Å². The van der Waals surface area contributed by atoms with Gasteiger partial charge in [0.25, 0.3) is 0 Å². The van der Waals surface area contributed by atoms with Crippen molar-refractivity contribution in [2.45, 2.75) is 24.8 Å². The van der Waals surface area contributed by atoms with Crippen molar-refractivity contribution in [3.8, 4) is 0 Å². The molecule has 0 radical (unpaired) electrons. The van der Waals surface area contributed by atoms with Crippen molar-refractivity contribution in [1.29, 1.82) is 0 Å². The van der Waals surface area contributed by atoms with E-state index in [1.165, 1.54) is 19.2 Å². The summed E-state index contributed by atoms with van der Waals surface area (Å²) in [6, 6.07) is 3.36. The SMILES string of the molecule is Cc1ccc(S(=O)(=O)N(C)C(C)CO)cc1C(=O)O. The molecule has 0 spiro atoms. The fraction of sp³-hybridized carbons (Fsp3) is 0.417. The fourth-order valence-electron chi connectivity index (χ4n) is 1.51. The quantitative estimate of drug-likeness (QED) is 0.831. The van der Waals surface area contributed by atoms with Crippen LogP contribution in [-0.4, -0.2) is 48.6 Å². The number of carbonyl (C=O) groups is 1. The van der Waals surface area contributed by atoms with Gasteiger partial charge in [-0.1, -0.05) is 6.07 Å². The Hall–Kier alpha value is -1.44. The Bertz CT molecular complexity index is 582. The monoisotopic (exact) mass is 287 g/mol. The van der Waals surface area contributed by atoms with Crippen molar-refractivity contribution in [2.75, 3.05) is 13.7 Å². The average molecular weight is 287 g/mol. The van der Waals surface area contributed by atoms with Crippen molar-refractivity contribution in [3.05, 3.63) is 29.3 Å². The second kappa shape index (κ2) is 5.68. The molecule has 19 heavy (non-hydrogen) atoms. The van der Waals surface area contributed by atoms with E-state index in [1.54, 1.807) is 13.8 Å².